The summed E-state index contributed by atoms with van der Waals surface area (Å²) in [5.74, 6) is 0.876. The quantitative estimate of drug-likeness (QED) is 0.187. The Hall–Kier alpha value is -0.347. The van der Waals surface area contributed by atoms with E-state index < -0.39 is 7.81 Å². The fraction of sp³-hybridized carbons (Fsp3) is 0.0588. The third kappa shape index (κ3) is 25.9. The van der Waals surface area contributed by atoms with Crippen molar-refractivity contribution in [2.75, 3.05) is 7.11 Å². The molecule has 0 aromatic heterocycles. The number of ether oxygens (including phenoxy) is 1. The maximum absolute atomic E-state index is 10.7. The largest absolute Gasteiger partial charge is 0.497 e. The van der Waals surface area contributed by atoms with Crippen molar-refractivity contribution in [1.82, 2.24) is 0 Å². The third-order valence-electron chi connectivity index (χ3n) is 2.19. The van der Waals surface area contributed by atoms with E-state index in [1.165, 1.54) is 0 Å². The molecule has 0 unspecified atom stereocenters. The van der Waals surface area contributed by atoms with Gasteiger partial charge in [-0.1, -0.05) is 12.1 Å². The second-order valence-corrected chi connectivity index (χ2v) is 6.40. The SMILES string of the molecule is F[P-](F)(F)(F)(F)F.[CH2][CH][CH][CH][CH]c1cccc(OC)c1.[CH]1[CH][CH][CH][CH]1.[Rh]. The van der Waals surface area contributed by atoms with Crippen molar-refractivity contribution in [1.29, 1.82) is 0 Å². The predicted molar refractivity (Wildman–Crippen MR) is 89.7 cm³/mol. The molecule has 9 heteroatoms. The summed E-state index contributed by atoms with van der Waals surface area (Å²) in [6, 6.07) is 7.89. The van der Waals surface area contributed by atoms with Gasteiger partial charge < -0.3 is 4.74 Å². The number of rotatable bonds is 5. The first-order valence-electron chi connectivity index (χ1n) is 6.81. The Kier molecular flexibility index (Phi) is 12.3. The summed E-state index contributed by atoms with van der Waals surface area (Å²) in [5.41, 5.74) is 1.12. The van der Waals surface area contributed by atoms with Crippen molar-refractivity contribution in [3.63, 3.8) is 0 Å². The molecule has 0 amide bonds. The van der Waals surface area contributed by atoms with Gasteiger partial charge in [-0.05, 0) is 82.4 Å². The Bertz CT molecular complexity index is 470. The summed E-state index contributed by atoms with van der Waals surface area (Å²) < 4.78 is 64.3. The van der Waals surface area contributed by atoms with Crippen molar-refractivity contribution in [3.05, 3.63) is 94.5 Å². The van der Waals surface area contributed by atoms with Gasteiger partial charge in [0.25, 0.3) is 0 Å². The van der Waals surface area contributed by atoms with Gasteiger partial charge in [0.2, 0.25) is 0 Å². The van der Waals surface area contributed by atoms with Crippen molar-refractivity contribution >= 4 is 7.81 Å². The summed E-state index contributed by atoms with van der Waals surface area (Å²) >= 11 is 0. The van der Waals surface area contributed by atoms with Crippen molar-refractivity contribution in [2.24, 2.45) is 0 Å². The molecule has 2 rings (SSSR count). The Morgan fingerprint density at radius 1 is 0.885 bits per heavy atom. The minimum Gasteiger partial charge on any atom is -0.497 e. The average molecular weight is 486 g/mol. The van der Waals surface area contributed by atoms with Gasteiger partial charge in [-0.15, -0.1) is 0 Å². The standard InChI is InChI=1S/C12H13O.C5H5.F6P.Rh/c1-3-4-5-7-11-8-6-9-12(10-11)13-2;1-2-4-5-3-1;1-7(2,3,4,5)6;/h3-10H,1H2,2H3;1-5H;;/q;;-1;. The summed E-state index contributed by atoms with van der Waals surface area (Å²) in [6.45, 7) is 3.59. The zero-order valence-corrected chi connectivity index (χ0v) is 16.2. The van der Waals surface area contributed by atoms with E-state index in [4.69, 9.17) is 4.74 Å². The molecule has 0 heterocycles. The molecule has 1 aliphatic rings. The maximum Gasteiger partial charge on any atom is 0.119 e. The first-order valence-corrected chi connectivity index (χ1v) is 8.84. The fourth-order valence-corrected chi connectivity index (χ4v) is 1.31. The molecule has 1 nitrogen and oxygen atoms in total. The second-order valence-electron chi connectivity index (χ2n) is 4.48. The van der Waals surface area contributed by atoms with E-state index in [-0.39, 0.29) is 19.5 Å². The molecule has 0 spiro atoms. The zero-order valence-electron chi connectivity index (χ0n) is 13.7. The molecule has 1 aromatic rings. The van der Waals surface area contributed by atoms with Gasteiger partial charge in [-0.25, -0.2) is 0 Å². The van der Waals surface area contributed by atoms with Crippen LogP contribution in [0, 0.1) is 64.7 Å². The molecule has 26 heavy (non-hydrogen) atoms. The number of benzene rings is 1. The number of halogens is 6. The molecule has 0 N–H and O–H groups in total. The molecular formula is C17H18F6OPRh-. The van der Waals surface area contributed by atoms with Crippen LogP contribution in [0.4, 0.5) is 25.2 Å². The topological polar surface area (TPSA) is 9.23 Å². The zero-order chi connectivity index (χ0) is 19.5. The van der Waals surface area contributed by atoms with Gasteiger partial charge in [0.05, 0.1) is 7.11 Å². The molecule has 149 valence electrons. The molecule has 11 radical (unpaired) electrons. The van der Waals surface area contributed by atoms with Gasteiger partial charge in [-0.2, -0.15) is 0 Å². The van der Waals surface area contributed by atoms with Gasteiger partial charge in [0.15, 0.2) is 0 Å². The van der Waals surface area contributed by atoms with Crippen LogP contribution in [0.5, 0.6) is 5.75 Å². The normalized spacial score (nSPS) is 15.8. The number of hydrogen-bond donors (Lipinski definition) is 0. The first-order chi connectivity index (χ1) is 11.3. The van der Waals surface area contributed by atoms with E-state index in [9.17, 15) is 25.2 Å². The third-order valence-corrected chi connectivity index (χ3v) is 2.19. The molecule has 0 aliphatic heterocycles. The molecule has 0 atom stereocenters. The number of methoxy groups -OCH3 is 1. The maximum atomic E-state index is 9.87. The van der Waals surface area contributed by atoms with Crippen LogP contribution in [0.3, 0.4) is 0 Å². The molecule has 1 saturated carbocycles. The van der Waals surface area contributed by atoms with Crippen LogP contribution < -0.4 is 4.74 Å². The van der Waals surface area contributed by atoms with Crippen LogP contribution in [0.25, 0.3) is 0 Å². The summed E-state index contributed by atoms with van der Waals surface area (Å²) in [5, 5.41) is 0. The molecule has 0 saturated heterocycles. The van der Waals surface area contributed by atoms with Crippen LogP contribution in [0.2, 0.25) is 0 Å². The number of hydrogen-bond acceptors (Lipinski definition) is 1. The molecular weight excluding hydrogens is 468 g/mol. The van der Waals surface area contributed by atoms with E-state index in [1.54, 1.807) is 13.5 Å². The summed E-state index contributed by atoms with van der Waals surface area (Å²) in [4.78, 5) is 0. The van der Waals surface area contributed by atoms with Crippen LogP contribution in [-0.4, -0.2) is 7.11 Å². The average Bonchev–Trinajstić information content (AvgIpc) is 3.04. The Labute approximate surface area is 164 Å². The van der Waals surface area contributed by atoms with Crippen LogP contribution in [-0.2, 0) is 19.5 Å². The Balaban J connectivity index is 0. The van der Waals surface area contributed by atoms with E-state index >= 15 is 0 Å². The Morgan fingerprint density at radius 2 is 1.35 bits per heavy atom. The van der Waals surface area contributed by atoms with Crippen LogP contribution >= 0.6 is 7.81 Å². The van der Waals surface area contributed by atoms with E-state index in [1.807, 2.05) is 75.6 Å². The summed E-state index contributed by atoms with van der Waals surface area (Å²) in [7, 11) is -8.99. The van der Waals surface area contributed by atoms with E-state index in [0.29, 0.717) is 0 Å². The molecule has 1 aliphatic carbocycles. The summed E-state index contributed by atoms with van der Waals surface area (Å²) in [6.07, 6.45) is 17.6. The van der Waals surface area contributed by atoms with Crippen molar-refractivity contribution < 1.29 is 49.4 Å². The van der Waals surface area contributed by atoms with Gasteiger partial charge >= 0.3 is 33.0 Å². The van der Waals surface area contributed by atoms with Crippen LogP contribution in [0.15, 0.2) is 24.3 Å². The fourth-order valence-electron chi connectivity index (χ4n) is 1.31. The molecule has 1 aromatic carbocycles. The van der Waals surface area contributed by atoms with Crippen molar-refractivity contribution in [3.8, 4) is 5.75 Å². The monoisotopic (exact) mass is 486 g/mol. The second kappa shape index (κ2) is 11.5. The minimum atomic E-state index is -10.7. The van der Waals surface area contributed by atoms with Crippen LogP contribution in [0.1, 0.15) is 5.56 Å². The molecule has 0 bridgehead atoms. The van der Waals surface area contributed by atoms with E-state index in [2.05, 4.69) is 6.92 Å². The smallest absolute Gasteiger partial charge is 0.119 e. The van der Waals surface area contributed by atoms with Crippen molar-refractivity contribution in [2.45, 2.75) is 0 Å². The molecule has 1 fully saturated rings. The minimum absolute atomic E-state index is 0. The van der Waals surface area contributed by atoms with Gasteiger partial charge in [0.1, 0.15) is 5.75 Å². The Morgan fingerprint density at radius 3 is 1.73 bits per heavy atom. The van der Waals surface area contributed by atoms with Gasteiger partial charge in [0, 0.05) is 19.5 Å². The first kappa shape index (κ1) is 27.9. The predicted octanol–water partition coefficient (Wildman–Crippen LogP) is 7.10. The van der Waals surface area contributed by atoms with Gasteiger partial charge in [-0.3, -0.25) is 0 Å². The van der Waals surface area contributed by atoms with E-state index in [0.717, 1.165) is 11.3 Å². The number of unbranched alkanes of at least 4 members (excludes halogenated alkanes) is 2.